The number of halogens is 1. The van der Waals surface area contributed by atoms with E-state index in [4.69, 9.17) is 9.15 Å². The highest BCUT2D eigenvalue weighted by molar-refractivity contribution is 14.1. The smallest absolute Gasteiger partial charge is 0.277 e. The van der Waals surface area contributed by atoms with Gasteiger partial charge in [0.2, 0.25) is 0 Å². The molecule has 0 saturated carbocycles. The van der Waals surface area contributed by atoms with E-state index < -0.39 is 0 Å². The molecule has 174 valence electrons. The van der Waals surface area contributed by atoms with Crippen LogP contribution < -0.4 is 10.2 Å². The lowest BCUT2D eigenvalue weighted by molar-refractivity contribution is -0.123. The fourth-order valence-corrected chi connectivity index (χ4v) is 4.33. The minimum atomic E-state index is -0.340. The maximum Gasteiger partial charge on any atom is 0.277 e. The Balaban J connectivity index is 1.48. The first-order valence-electron chi connectivity index (χ1n) is 10.9. The average molecular weight is 558 g/mol. The number of benzene rings is 2. The van der Waals surface area contributed by atoms with Crippen LogP contribution in [0.2, 0.25) is 0 Å². The van der Waals surface area contributed by atoms with Gasteiger partial charge in [0, 0.05) is 9.13 Å². The van der Waals surface area contributed by atoms with E-state index in [0.717, 1.165) is 21.3 Å². The van der Waals surface area contributed by atoms with Crippen LogP contribution in [0.15, 0.2) is 70.2 Å². The van der Waals surface area contributed by atoms with Crippen molar-refractivity contribution in [1.29, 1.82) is 0 Å². The molecule has 33 heavy (non-hydrogen) atoms. The van der Waals surface area contributed by atoms with Crippen LogP contribution in [-0.2, 0) is 10.2 Å². The molecule has 3 aromatic rings. The van der Waals surface area contributed by atoms with Gasteiger partial charge in [-0.2, -0.15) is 5.10 Å². The van der Waals surface area contributed by atoms with Crippen LogP contribution >= 0.6 is 22.6 Å². The second kappa shape index (κ2) is 10.5. The van der Waals surface area contributed by atoms with Gasteiger partial charge in [-0.3, -0.25) is 4.79 Å². The van der Waals surface area contributed by atoms with Crippen LogP contribution in [0.5, 0.6) is 5.75 Å². The molecule has 3 rings (SSSR count). The summed E-state index contributed by atoms with van der Waals surface area (Å²) in [5.74, 6) is 1.61. The van der Waals surface area contributed by atoms with Crippen molar-refractivity contribution in [3.8, 4) is 17.1 Å². The second-order valence-corrected chi connectivity index (χ2v) is 11.2. The summed E-state index contributed by atoms with van der Waals surface area (Å²) in [5, 5.41) is 3.96. The van der Waals surface area contributed by atoms with E-state index in [0.29, 0.717) is 11.5 Å². The van der Waals surface area contributed by atoms with Crippen LogP contribution in [0.3, 0.4) is 0 Å². The van der Waals surface area contributed by atoms with E-state index in [1.165, 1.54) is 11.8 Å². The number of hydrogen-bond donors (Lipinski definition) is 1. The molecule has 0 aliphatic heterocycles. The van der Waals surface area contributed by atoms with Gasteiger partial charge < -0.3 is 9.15 Å². The van der Waals surface area contributed by atoms with E-state index in [9.17, 15) is 4.79 Å². The average Bonchev–Trinajstić information content (AvgIpc) is 3.20. The molecule has 1 amide bonds. The minimum absolute atomic E-state index is 0.0632. The third-order valence-electron chi connectivity index (χ3n) is 5.11. The molecule has 0 radical (unpaired) electrons. The maximum atomic E-state index is 12.1. The SMILES string of the molecule is CC(C)(C)CC(C)(C)c1ccc(OCC(=O)N/N=C\c2ccc(-c3ccc(I)cc3)o2)cc1. The van der Waals surface area contributed by atoms with Crippen molar-refractivity contribution in [2.24, 2.45) is 10.5 Å². The summed E-state index contributed by atoms with van der Waals surface area (Å²) >= 11 is 2.26. The number of nitrogens with zero attached hydrogens (tertiary/aromatic N) is 1. The van der Waals surface area contributed by atoms with Crippen molar-refractivity contribution < 1.29 is 13.9 Å². The third-order valence-corrected chi connectivity index (χ3v) is 5.83. The number of hydrogen-bond acceptors (Lipinski definition) is 4. The molecule has 1 heterocycles. The third kappa shape index (κ3) is 7.74. The Morgan fingerprint density at radius 1 is 1.00 bits per heavy atom. The largest absolute Gasteiger partial charge is 0.484 e. The van der Waals surface area contributed by atoms with Crippen molar-refractivity contribution in [3.05, 3.63) is 75.6 Å². The highest BCUT2D eigenvalue weighted by Gasteiger charge is 2.27. The number of rotatable bonds is 8. The number of furan rings is 1. The van der Waals surface area contributed by atoms with Gasteiger partial charge in [-0.05, 0) is 81.8 Å². The fraction of sp³-hybridized carbons (Fsp3) is 0.333. The lowest BCUT2D eigenvalue weighted by Crippen LogP contribution is -2.25. The van der Waals surface area contributed by atoms with Gasteiger partial charge in [-0.15, -0.1) is 0 Å². The van der Waals surface area contributed by atoms with E-state index in [1.807, 2.05) is 48.5 Å². The molecule has 0 atom stereocenters. The zero-order chi connectivity index (χ0) is 24.1. The van der Waals surface area contributed by atoms with Crippen molar-refractivity contribution in [2.75, 3.05) is 6.61 Å². The van der Waals surface area contributed by atoms with Crippen molar-refractivity contribution >= 4 is 34.7 Å². The first-order chi connectivity index (χ1) is 15.5. The molecule has 0 fully saturated rings. The van der Waals surface area contributed by atoms with Gasteiger partial charge in [0.15, 0.2) is 6.61 Å². The molecule has 2 aromatic carbocycles. The van der Waals surface area contributed by atoms with Gasteiger partial charge >= 0.3 is 0 Å². The van der Waals surface area contributed by atoms with E-state index in [1.54, 1.807) is 0 Å². The first kappa shape index (κ1) is 25.0. The number of nitrogens with one attached hydrogen (secondary N) is 1. The molecule has 1 N–H and O–H groups in total. The topological polar surface area (TPSA) is 63.8 Å². The van der Waals surface area contributed by atoms with Gasteiger partial charge in [0.1, 0.15) is 17.3 Å². The summed E-state index contributed by atoms with van der Waals surface area (Å²) in [4.78, 5) is 12.1. The number of carbonyl (C=O) groups is 1. The Bertz CT molecular complexity index is 1090. The van der Waals surface area contributed by atoms with Crippen LogP contribution in [0.25, 0.3) is 11.3 Å². The van der Waals surface area contributed by atoms with Gasteiger partial charge in [-0.25, -0.2) is 5.43 Å². The van der Waals surface area contributed by atoms with E-state index >= 15 is 0 Å². The van der Waals surface area contributed by atoms with Crippen LogP contribution in [0.4, 0.5) is 0 Å². The lowest BCUT2D eigenvalue weighted by Gasteiger charge is -2.33. The number of hydrazone groups is 1. The molecule has 0 saturated heterocycles. The lowest BCUT2D eigenvalue weighted by atomic mass is 9.72. The molecule has 5 nitrogen and oxygen atoms in total. The molecule has 0 aliphatic rings. The van der Waals surface area contributed by atoms with Crippen LogP contribution in [0.1, 0.15) is 52.4 Å². The van der Waals surface area contributed by atoms with E-state index in [-0.39, 0.29) is 23.3 Å². The van der Waals surface area contributed by atoms with Crippen LogP contribution in [-0.4, -0.2) is 18.7 Å². The Hall–Kier alpha value is -2.61. The van der Waals surface area contributed by atoms with Crippen LogP contribution in [0, 0.1) is 8.99 Å². The number of ether oxygens (including phenoxy) is 1. The Morgan fingerprint density at radius 3 is 2.30 bits per heavy atom. The molecular formula is C27H31IN2O3. The van der Waals surface area contributed by atoms with Gasteiger partial charge in [-0.1, -0.05) is 58.9 Å². The van der Waals surface area contributed by atoms with Crippen molar-refractivity contribution in [1.82, 2.24) is 5.43 Å². The van der Waals surface area contributed by atoms with E-state index in [2.05, 4.69) is 79.9 Å². The standard InChI is InChI=1S/C27H31IN2O3/c1-26(2,3)18-27(4,5)20-8-12-22(13-9-20)32-17-25(31)30-29-16-23-14-15-24(33-23)19-6-10-21(28)11-7-19/h6-16H,17-18H2,1-5H3,(H,30,31)/b29-16-. The van der Waals surface area contributed by atoms with Crippen molar-refractivity contribution in [2.45, 2.75) is 46.5 Å². The molecule has 0 aliphatic carbocycles. The highest BCUT2D eigenvalue weighted by Crippen LogP contribution is 2.36. The zero-order valence-corrected chi connectivity index (χ0v) is 22.0. The molecule has 1 aromatic heterocycles. The summed E-state index contributed by atoms with van der Waals surface area (Å²) in [6, 6.07) is 19.7. The quantitative estimate of drug-likeness (QED) is 0.188. The van der Waals surface area contributed by atoms with Gasteiger partial charge in [0.05, 0.1) is 6.21 Å². The fourth-order valence-electron chi connectivity index (χ4n) is 3.97. The Morgan fingerprint density at radius 2 is 1.67 bits per heavy atom. The summed E-state index contributed by atoms with van der Waals surface area (Å²) in [6.07, 6.45) is 2.54. The predicted octanol–water partition coefficient (Wildman–Crippen LogP) is 6.79. The molecule has 0 spiro atoms. The summed E-state index contributed by atoms with van der Waals surface area (Å²) in [5.41, 5.74) is 5.01. The first-order valence-corrected chi connectivity index (χ1v) is 12.0. The second-order valence-electron chi connectivity index (χ2n) is 9.94. The summed E-state index contributed by atoms with van der Waals surface area (Å²) < 4.78 is 12.5. The molecule has 6 heteroatoms. The predicted molar refractivity (Wildman–Crippen MR) is 142 cm³/mol. The monoisotopic (exact) mass is 558 g/mol. The Kier molecular flexibility index (Phi) is 8.00. The normalized spacial score (nSPS) is 12.2. The summed E-state index contributed by atoms with van der Waals surface area (Å²) in [7, 11) is 0. The Labute approximate surface area is 209 Å². The maximum absolute atomic E-state index is 12.1. The molecule has 0 unspecified atom stereocenters. The van der Waals surface area contributed by atoms with Crippen molar-refractivity contribution in [3.63, 3.8) is 0 Å². The summed E-state index contributed by atoms with van der Waals surface area (Å²) in [6.45, 7) is 11.1. The highest BCUT2D eigenvalue weighted by atomic mass is 127. The van der Waals surface area contributed by atoms with Gasteiger partial charge in [0.25, 0.3) is 5.91 Å². The number of carbonyl (C=O) groups excluding carboxylic acids is 1. The molecule has 0 bridgehead atoms. The number of amides is 1. The zero-order valence-electron chi connectivity index (χ0n) is 19.8. The minimum Gasteiger partial charge on any atom is -0.484 e. The molecular weight excluding hydrogens is 527 g/mol.